The first kappa shape index (κ1) is 11.2. The normalized spacial score (nSPS) is 34.6. The van der Waals surface area contributed by atoms with E-state index in [0.717, 1.165) is 11.8 Å². The van der Waals surface area contributed by atoms with Gasteiger partial charge in [0, 0.05) is 24.2 Å². The number of hydrogen-bond donors (Lipinski definition) is 0. The lowest BCUT2D eigenvalue weighted by molar-refractivity contribution is -0.114. The fourth-order valence-electron chi connectivity index (χ4n) is 2.67. The van der Waals surface area contributed by atoms with E-state index in [9.17, 15) is 9.18 Å². The quantitative estimate of drug-likeness (QED) is 0.719. The summed E-state index contributed by atoms with van der Waals surface area (Å²) in [5.41, 5.74) is 0.911. The average molecular weight is 221 g/mol. The zero-order chi connectivity index (χ0) is 11.5. The Morgan fingerprint density at radius 2 is 2.31 bits per heavy atom. The molecule has 1 aromatic heterocycles. The second-order valence-corrected chi connectivity index (χ2v) is 4.56. The van der Waals surface area contributed by atoms with Crippen molar-refractivity contribution in [3.8, 4) is 0 Å². The van der Waals surface area contributed by atoms with Gasteiger partial charge in [-0.1, -0.05) is 13.0 Å². The Kier molecular flexibility index (Phi) is 3.32. The van der Waals surface area contributed by atoms with E-state index in [4.69, 9.17) is 0 Å². The lowest BCUT2D eigenvalue weighted by atomic mass is 9.70. The van der Waals surface area contributed by atoms with Gasteiger partial charge < -0.3 is 4.79 Å². The Morgan fingerprint density at radius 3 is 2.94 bits per heavy atom. The highest BCUT2D eigenvalue weighted by Gasteiger charge is 2.37. The van der Waals surface area contributed by atoms with Crippen molar-refractivity contribution in [3.63, 3.8) is 0 Å². The number of nitrogens with zero attached hydrogens (tertiary/aromatic N) is 1. The van der Waals surface area contributed by atoms with E-state index in [1.165, 1.54) is 0 Å². The number of alkyl halides is 1. The smallest absolute Gasteiger partial charge is 0.123 e. The third-order valence-corrected chi connectivity index (χ3v) is 3.65. The zero-order valence-electron chi connectivity index (χ0n) is 9.34. The van der Waals surface area contributed by atoms with Gasteiger partial charge in [-0.15, -0.1) is 0 Å². The highest BCUT2D eigenvalue weighted by atomic mass is 19.1. The minimum absolute atomic E-state index is 0.0165. The van der Waals surface area contributed by atoms with Gasteiger partial charge in [-0.25, -0.2) is 4.39 Å². The Labute approximate surface area is 94.9 Å². The number of carbonyl (C=O) groups excluding carboxylic acids is 1. The largest absolute Gasteiger partial charge is 0.303 e. The lowest BCUT2D eigenvalue weighted by Crippen LogP contribution is -2.33. The van der Waals surface area contributed by atoms with E-state index in [1.807, 2.05) is 19.1 Å². The summed E-state index contributed by atoms with van der Waals surface area (Å²) in [5.74, 6) is -0.139. The first-order valence-electron chi connectivity index (χ1n) is 5.73. The van der Waals surface area contributed by atoms with Crippen LogP contribution in [0.15, 0.2) is 24.5 Å². The van der Waals surface area contributed by atoms with Crippen molar-refractivity contribution in [2.45, 2.75) is 31.9 Å². The summed E-state index contributed by atoms with van der Waals surface area (Å²) in [5, 5.41) is 0. The molecule has 86 valence electrons. The number of carbonyl (C=O) groups is 1. The summed E-state index contributed by atoms with van der Waals surface area (Å²) in [6.45, 7) is 1.96. The molecule has 0 spiro atoms. The fraction of sp³-hybridized carbons (Fsp3) is 0.538. The van der Waals surface area contributed by atoms with Crippen LogP contribution in [0.4, 0.5) is 4.39 Å². The van der Waals surface area contributed by atoms with Gasteiger partial charge in [0.05, 0.1) is 0 Å². The molecule has 1 aromatic rings. The summed E-state index contributed by atoms with van der Waals surface area (Å²) in [6, 6.07) is 3.72. The highest BCUT2D eigenvalue weighted by molar-refractivity contribution is 5.54. The molecule has 4 unspecified atom stereocenters. The molecule has 1 aliphatic rings. The molecule has 2 nitrogen and oxygen atoms in total. The number of rotatable bonds is 2. The monoisotopic (exact) mass is 221 g/mol. The van der Waals surface area contributed by atoms with Gasteiger partial charge in [-0.2, -0.15) is 0 Å². The molecule has 3 heteroatoms. The standard InChI is InChI=1S/C13H16FNO/c1-9-11(8-16)4-5-12(14)13(9)10-3-2-6-15-7-10/h2-3,6-9,11-13H,4-5H2,1H3. The van der Waals surface area contributed by atoms with Crippen LogP contribution in [-0.2, 0) is 4.79 Å². The van der Waals surface area contributed by atoms with Crippen molar-refractivity contribution in [2.24, 2.45) is 11.8 Å². The Bertz CT molecular complexity index is 354. The average Bonchev–Trinajstić information content (AvgIpc) is 2.31. The van der Waals surface area contributed by atoms with Crippen LogP contribution in [-0.4, -0.2) is 17.4 Å². The van der Waals surface area contributed by atoms with Crippen molar-refractivity contribution in [1.29, 1.82) is 0 Å². The van der Waals surface area contributed by atoms with Gasteiger partial charge in [-0.05, 0) is 30.4 Å². The van der Waals surface area contributed by atoms with Crippen molar-refractivity contribution >= 4 is 6.29 Å². The number of hydrogen-bond acceptors (Lipinski definition) is 2. The minimum Gasteiger partial charge on any atom is -0.303 e. The maximum atomic E-state index is 14.0. The molecule has 0 radical (unpaired) electrons. The Hall–Kier alpha value is -1.25. The van der Waals surface area contributed by atoms with E-state index < -0.39 is 6.17 Å². The van der Waals surface area contributed by atoms with E-state index in [-0.39, 0.29) is 17.8 Å². The number of halogens is 1. The third kappa shape index (κ3) is 1.99. The van der Waals surface area contributed by atoms with E-state index in [1.54, 1.807) is 12.4 Å². The molecule has 16 heavy (non-hydrogen) atoms. The molecule has 1 aliphatic carbocycles. The highest BCUT2D eigenvalue weighted by Crippen LogP contribution is 2.41. The van der Waals surface area contributed by atoms with Crippen LogP contribution in [0.25, 0.3) is 0 Å². The molecule has 0 bridgehead atoms. The molecule has 1 saturated carbocycles. The maximum absolute atomic E-state index is 14.0. The molecule has 2 rings (SSSR count). The van der Waals surface area contributed by atoms with Crippen LogP contribution in [0.1, 0.15) is 31.2 Å². The molecule has 1 fully saturated rings. The predicted molar refractivity (Wildman–Crippen MR) is 59.8 cm³/mol. The molecular weight excluding hydrogens is 205 g/mol. The van der Waals surface area contributed by atoms with E-state index in [2.05, 4.69) is 4.98 Å². The first-order chi connectivity index (χ1) is 7.74. The molecule has 0 aliphatic heterocycles. The van der Waals surface area contributed by atoms with Gasteiger partial charge in [0.2, 0.25) is 0 Å². The van der Waals surface area contributed by atoms with Crippen LogP contribution in [0.2, 0.25) is 0 Å². The third-order valence-electron chi connectivity index (χ3n) is 3.65. The SMILES string of the molecule is CC1C(C=O)CCC(F)C1c1cccnc1. The van der Waals surface area contributed by atoms with Crippen molar-refractivity contribution in [1.82, 2.24) is 4.98 Å². The van der Waals surface area contributed by atoms with Crippen molar-refractivity contribution < 1.29 is 9.18 Å². The summed E-state index contributed by atoms with van der Waals surface area (Å²) in [7, 11) is 0. The van der Waals surface area contributed by atoms with E-state index in [0.29, 0.717) is 12.8 Å². The van der Waals surface area contributed by atoms with Crippen LogP contribution in [0.5, 0.6) is 0 Å². The fourth-order valence-corrected chi connectivity index (χ4v) is 2.67. The molecule has 1 heterocycles. The van der Waals surface area contributed by atoms with Gasteiger partial charge >= 0.3 is 0 Å². The van der Waals surface area contributed by atoms with Crippen LogP contribution in [0, 0.1) is 11.8 Å². The molecule has 0 aromatic carbocycles. The summed E-state index contributed by atoms with van der Waals surface area (Å²) < 4.78 is 14.0. The van der Waals surface area contributed by atoms with E-state index >= 15 is 0 Å². The molecule has 0 saturated heterocycles. The number of aldehydes is 1. The molecular formula is C13H16FNO. The van der Waals surface area contributed by atoms with Crippen molar-refractivity contribution in [3.05, 3.63) is 30.1 Å². The van der Waals surface area contributed by atoms with Crippen LogP contribution >= 0.6 is 0 Å². The van der Waals surface area contributed by atoms with Crippen LogP contribution < -0.4 is 0 Å². The van der Waals surface area contributed by atoms with Gasteiger partial charge in [0.15, 0.2) is 0 Å². The Balaban J connectivity index is 2.26. The molecule has 4 atom stereocenters. The second kappa shape index (κ2) is 4.73. The second-order valence-electron chi connectivity index (χ2n) is 4.56. The summed E-state index contributed by atoms with van der Waals surface area (Å²) in [6.07, 6.45) is 4.66. The minimum atomic E-state index is -0.851. The lowest BCUT2D eigenvalue weighted by Gasteiger charge is -2.35. The van der Waals surface area contributed by atoms with Gasteiger partial charge in [0.1, 0.15) is 12.5 Å². The van der Waals surface area contributed by atoms with Crippen LogP contribution in [0.3, 0.4) is 0 Å². The molecule has 0 N–H and O–H groups in total. The topological polar surface area (TPSA) is 30.0 Å². The number of aromatic nitrogens is 1. The number of pyridine rings is 1. The van der Waals surface area contributed by atoms with Gasteiger partial charge in [0.25, 0.3) is 0 Å². The predicted octanol–water partition coefficient (Wildman–Crippen LogP) is 2.75. The zero-order valence-corrected chi connectivity index (χ0v) is 9.34. The first-order valence-corrected chi connectivity index (χ1v) is 5.73. The maximum Gasteiger partial charge on any atom is 0.123 e. The van der Waals surface area contributed by atoms with Crippen molar-refractivity contribution in [2.75, 3.05) is 0 Å². The molecule has 0 amide bonds. The summed E-state index contributed by atoms with van der Waals surface area (Å²) in [4.78, 5) is 14.9. The summed E-state index contributed by atoms with van der Waals surface area (Å²) >= 11 is 0. The van der Waals surface area contributed by atoms with Gasteiger partial charge in [-0.3, -0.25) is 4.98 Å². The Morgan fingerprint density at radius 1 is 1.50 bits per heavy atom.